The second-order valence-electron chi connectivity index (χ2n) is 15.5. The van der Waals surface area contributed by atoms with Crippen molar-refractivity contribution in [3.63, 3.8) is 0 Å². The number of ether oxygens (including phenoxy) is 2. The van der Waals surface area contributed by atoms with E-state index >= 15 is 0 Å². The zero-order valence-electron chi connectivity index (χ0n) is 29.3. The third kappa shape index (κ3) is 8.27. The summed E-state index contributed by atoms with van der Waals surface area (Å²) in [5.74, 6) is -3.10. The molecule has 1 aromatic carbocycles. The minimum Gasteiger partial charge on any atom is -0.497 e. The van der Waals surface area contributed by atoms with Gasteiger partial charge in [-0.2, -0.15) is 0 Å². The van der Waals surface area contributed by atoms with E-state index in [0.717, 1.165) is 18.4 Å². The Balaban J connectivity index is 1.46. The molecule has 0 spiro atoms. The van der Waals surface area contributed by atoms with Crippen molar-refractivity contribution in [1.29, 1.82) is 0 Å². The number of benzene rings is 1. The van der Waals surface area contributed by atoms with Crippen LogP contribution in [0.3, 0.4) is 0 Å². The number of piperidine rings is 1. The number of ketones is 1. The summed E-state index contributed by atoms with van der Waals surface area (Å²) in [6.45, 7) is 13.3. The monoisotopic (exact) mass is 669 g/mol. The van der Waals surface area contributed by atoms with Crippen LogP contribution in [0.1, 0.15) is 73.3 Å². The number of carbonyl (C=O) groups excluding carboxylic acids is 6. The fraction of sp³-hybridized carbons (Fsp3) is 0.657. The highest BCUT2D eigenvalue weighted by Crippen LogP contribution is 2.65. The van der Waals surface area contributed by atoms with Gasteiger partial charge in [-0.05, 0) is 58.6 Å². The summed E-state index contributed by atoms with van der Waals surface area (Å²) >= 11 is 0. The van der Waals surface area contributed by atoms with Crippen molar-refractivity contribution in [2.75, 3.05) is 13.7 Å². The Labute approximate surface area is 282 Å². The molecule has 13 heteroatoms. The lowest BCUT2D eigenvalue weighted by molar-refractivity contribution is -0.148. The lowest BCUT2D eigenvalue weighted by Crippen LogP contribution is -2.62. The molecule has 3 aliphatic rings. The van der Waals surface area contributed by atoms with Gasteiger partial charge in [0.05, 0.1) is 13.2 Å². The van der Waals surface area contributed by atoms with Gasteiger partial charge in [0.2, 0.25) is 17.6 Å². The van der Waals surface area contributed by atoms with Gasteiger partial charge in [0.1, 0.15) is 30.5 Å². The van der Waals surface area contributed by atoms with Crippen LogP contribution >= 0.6 is 0 Å². The van der Waals surface area contributed by atoms with E-state index in [4.69, 9.17) is 15.2 Å². The molecule has 0 aromatic heterocycles. The van der Waals surface area contributed by atoms with Gasteiger partial charge in [-0.3, -0.25) is 19.2 Å². The number of nitrogens with two attached hydrogens (primary N) is 1. The van der Waals surface area contributed by atoms with Crippen molar-refractivity contribution < 1.29 is 38.2 Å². The zero-order valence-corrected chi connectivity index (χ0v) is 29.3. The first-order chi connectivity index (χ1) is 22.4. The maximum atomic E-state index is 14.3. The minimum atomic E-state index is -1.11. The van der Waals surface area contributed by atoms with E-state index in [0.29, 0.717) is 18.7 Å². The lowest BCUT2D eigenvalue weighted by atomic mass is 9.85. The van der Waals surface area contributed by atoms with Gasteiger partial charge >= 0.3 is 12.0 Å². The van der Waals surface area contributed by atoms with E-state index < -0.39 is 65.1 Å². The summed E-state index contributed by atoms with van der Waals surface area (Å²) < 4.78 is 10.7. The fourth-order valence-electron chi connectivity index (χ4n) is 6.75. The Hall–Kier alpha value is -4.16. The van der Waals surface area contributed by atoms with Gasteiger partial charge in [-0.1, -0.05) is 73.4 Å². The summed E-state index contributed by atoms with van der Waals surface area (Å²) in [5, 5.41) is 8.20. The fourth-order valence-corrected chi connectivity index (χ4v) is 6.75. The van der Waals surface area contributed by atoms with E-state index in [9.17, 15) is 28.8 Å². The molecule has 1 heterocycles. The molecule has 1 aliphatic heterocycles. The third-order valence-electron chi connectivity index (χ3n) is 10.0. The summed E-state index contributed by atoms with van der Waals surface area (Å²) in [7, 11) is 1.56. The van der Waals surface area contributed by atoms with Crippen molar-refractivity contribution >= 4 is 35.5 Å². The summed E-state index contributed by atoms with van der Waals surface area (Å²) in [5.41, 5.74) is 5.05. The highest BCUT2D eigenvalue weighted by atomic mass is 16.5. The predicted octanol–water partition coefficient (Wildman–Crippen LogP) is 2.30. The first-order valence-electron chi connectivity index (χ1n) is 16.7. The molecule has 3 fully saturated rings. The molecular formula is C35H51N5O8. The molecule has 4 rings (SSSR count). The smallest absolute Gasteiger partial charge is 0.329 e. The van der Waals surface area contributed by atoms with Crippen LogP contribution < -0.4 is 26.4 Å². The normalized spacial score (nSPS) is 22.9. The second kappa shape index (κ2) is 14.1. The third-order valence-corrected chi connectivity index (χ3v) is 10.0. The van der Waals surface area contributed by atoms with Crippen LogP contribution in [0.2, 0.25) is 0 Å². The summed E-state index contributed by atoms with van der Waals surface area (Å²) in [6, 6.07) is 2.31. The average Bonchev–Trinajstić information content (AvgIpc) is 3.87. The quantitative estimate of drug-likeness (QED) is 0.172. The molecule has 5 amide bonds. The van der Waals surface area contributed by atoms with Crippen LogP contribution in [-0.2, 0) is 35.3 Å². The van der Waals surface area contributed by atoms with Gasteiger partial charge in [0.15, 0.2) is 0 Å². The first-order valence-corrected chi connectivity index (χ1v) is 16.7. The number of likely N-dealkylation sites (tertiary alicyclic amines) is 1. The van der Waals surface area contributed by atoms with E-state index in [1.807, 2.05) is 13.8 Å². The van der Waals surface area contributed by atoms with Gasteiger partial charge in [-0.25, -0.2) is 9.59 Å². The number of nitrogens with one attached hydrogen (secondary N) is 3. The van der Waals surface area contributed by atoms with E-state index in [1.165, 1.54) is 4.90 Å². The zero-order chi connectivity index (χ0) is 35.7. The number of esters is 1. The van der Waals surface area contributed by atoms with Crippen LogP contribution in [0.4, 0.5) is 4.79 Å². The Morgan fingerprint density at radius 2 is 1.62 bits per heavy atom. The molecular weight excluding hydrogens is 618 g/mol. The van der Waals surface area contributed by atoms with Gasteiger partial charge in [0, 0.05) is 6.54 Å². The number of urea groups is 1. The molecule has 2 saturated carbocycles. The number of carbonyl (C=O) groups is 6. The number of rotatable bonds is 14. The maximum absolute atomic E-state index is 14.3. The number of hydrogen-bond acceptors (Lipinski definition) is 8. The molecule has 48 heavy (non-hydrogen) atoms. The molecule has 264 valence electrons. The Morgan fingerprint density at radius 1 is 1.00 bits per heavy atom. The predicted molar refractivity (Wildman–Crippen MR) is 176 cm³/mol. The standard InChI is InChI=1S/C35H51N5O8/c1-18(2)25(32(45)48-17-20-11-13-21(47-8)14-12-20)38-33(46)39-28(34(3,4)5)31(44)40-16-22-24(35(22,6)7)26(40)30(43)37-23(15-19-9-10-19)27(41)29(36)42/h11-14,18-19,22-26,28H,9-10,15-17H2,1-8H3,(H2,36,42)(H,37,43)(H2,38,39,46)/t22-,23?,24-,25-,26-,28+/m0/s1. The Bertz CT molecular complexity index is 1410. The molecule has 1 unspecified atom stereocenters. The maximum Gasteiger partial charge on any atom is 0.329 e. The van der Waals surface area contributed by atoms with Crippen LogP contribution in [-0.4, -0.2) is 78.2 Å². The van der Waals surface area contributed by atoms with Crippen molar-refractivity contribution in [3.8, 4) is 5.75 Å². The van der Waals surface area contributed by atoms with E-state index in [1.54, 1.807) is 66.0 Å². The van der Waals surface area contributed by atoms with Crippen molar-refractivity contribution in [3.05, 3.63) is 29.8 Å². The van der Waals surface area contributed by atoms with Crippen LogP contribution in [0.5, 0.6) is 5.75 Å². The van der Waals surface area contributed by atoms with E-state index in [-0.39, 0.29) is 35.7 Å². The van der Waals surface area contributed by atoms with Crippen molar-refractivity contribution in [1.82, 2.24) is 20.9 Å². The molecule has 6 atom stereocenters. The largest absolute Gasteiger partial charge is 0.497 e. The molecule has 1 saturated heterocycles. The second-order valence-corrected chi connectivity index (χ2v) is 15.5. The molecule has 2 aliphatic carbocycles. The molecule has 5 N–H and O–H groups in total. The first kappa shape index (κ1) is 36.7. The number of hydrogen-bond donors (Lipinski definition) is 4. The highest BCUT2D eigenvalue weighted by molar-refractivity contribution is 6.37. The minimum absolute atomic E-state index is 0.00208. The number of Topliss-reactive ketones (excluding diaryl/α,β-unsaturated/α-hetero) is 1. The topological polar surface area (TPSA) is 186 Å². The molecule has 13 nitrogen and oxygen atoms in total. The van der Waals surface area contributed by atoms with Crippen LogP contribution in [0.25, 0.3) is 0 Å². The van der Waals surface area contributed by atoms with Crippen LogP contribution in [0.15, 0.2) is 24.3 Å². The average molecular weight is 670 g/mol. The number of amides is 5. The summed E-state index contributed by atoms with van der Waals surface area (Å²) in [6.07, 6.45) is 2.13. The van der Waals surface area contributed by atoms with E-state index in [2.05, 4.69) is 16.0 Å². The summed E-state index contributed by atoms with van der Waals surface area (Å²) in [4.78, 5) is 80.4. The molecule has 0 bridgehead atoms. The number of primary amides is 1. The van der Waals surface area contributed by atoms with Crippen LogP contribution in [0, 0.1) is 34.5 Å². The lowest BCUT2D eigenvalue weighted by Gasteiger charge is -2.38. The van der Waals surface area contributed by atoms with Gasteiger partial charge < -0.3 is 36.1 Å². The number of fused-ring (bicyclic) bond motifs is 1. The molecule has 1 aromatic rings. The Morgan fingerprint density at radius 3 is 2.15 bits per heavy atom. The van der Waals surface area contributed by atoms with Crippen molar-refractivity contribution in [2.45, 2.75) is 98.5 Å². The Kier molecular flexibility index (Phi) is 10.8. The van der Waals surface area contributed by atoms with Gasteiger partial charge in [0.25, 0.3) is 5.91 Å². The van der Waals surface area contributed by atoms with Crippen molar-refractivity contribution in [2.24, 2.45) is 40.2 Å². The number of nitrogens with zero attached hydrogens (tertiary/aromatic N) is 1. The highest BCUT2D eigenvalue weighted by Gasteiger charge is 2.70. The SMILES string of the molecule is COc1ccc(COC(=O)[C@@H](NC(=O)N[C@H](C(=O)N2C[C@H]3[C@@H]([C@H]2C(=O)NC(CC2CC2)C(=O)C(N)=O)C3(C)C)C(C)(C)C)C(C)C)cc1. The molecule has 0 radical (unpaired) electrons. The van der Waals surface area contributed by atoms with Gasteiger partial charge in [-0.15, -0.1) is 0 Å². The number of methoxy groups -OCH3 is 1.